The molecule has 2 amide bonds. The average Bonchev–Trinajstić information content (AvgIpc) is 2.88. The lowest BCUT2D eigenvalue weighted by Gasteiger charge is -2.28. The summed E-state index contributed by atoms with van der Waals surface area (Å²) in [6.07, 6.45) is -0.506. The van der Waals surface area contributed by atoms with Gasteiger partial charge in [-0.25, -0.2) is 0 Å². The average molecular weight is 474 g/mol. The number of ether oxygens (including phenoxy) is 2. The van der Waals surface area contributed by atoms with Crippen LogP contribution in [0.4, 0.5) is 0 Å². The summed E-state index contributed by atoms with van der Waals surface area (Å²) >= 11 is 0. The second kappa shape index (κ2) is 11.5. The van der Waals surface area contributed by atoms with E-state index in [1.807, 2.05) is 66.7 Å². The molecule has 0 aromatic heterocycles. The summed E-state index contributed by atoms with van der Waals surface area (Å²) in [7, 11) is -1.78. The Balaban J connectivity index is 1.47. The first-order chi connectivity index (χ1) is 17.0. The Labute approximate surface area is 204 Å². The molecule has 1 unspecified atom stereocenters. The van der Waals surface area contributed by atoms with Crippen LogP contribution in [0.5, 0.6) is 11.5 Å². The normalized spacial score (nSPS) is 16.0. The van der Waals surface area contributed by atoms with Crippen LogP contribution in [0.2, 0.25) is 0 Å². The van der Waals surface area contributed by atoms with E-state index < -0.39 is 37.0 Å². The number of hydrogen-bond donors (Lipinski definition) is 4. The molecule has 1 aliphatic rings. The van der Waals surface area contributed by atoms with E-state index in [1.165, 1.54) is 0 Å². The summed E-state index contributed by atoms with van der Waals surface area (Å²) in [5.41, 5.74) is 1.67. The predicted molar refractivity (Wildman–Crippen MR) is 131 cm³/mol. The maximum Gasteiger partial charge on any atom is 0.475 e. The van der Waals surface area contributed by atoms with Crippen LogP contribution in [0.3, 0.4) is 0 Å². The molecule has 0 fully saturated rings. The fraction of sp³-hybridized carbons (Fsp3) is 0.231. The van der Waals surface area contributed by atoms with Crippen LogP contribution in [0, 0.1) is 0 Å². The van der Waals surface area contributed by atoms with E-state index in [2.05, 4.69) is 10.6 Å². The summed E-state index contributed by atoms with van der Waals surface area (Å²) in [5, 5.41) is 25.2. The van der Waals surface area contributed by atoms with Crippen molar-refractivity contribution in [1.29, 1.82) is 0 Å². The highest BCUT2D eigenvalue weighted by Crippen LogP contribution is 2.30. The molecule has 0 radical (unpaired) electrons. The van der Waals surface area contributed by atoms with Crippen molar-refractivity contribution in [2.75, 3.05) is 6.61 Å². The van der Waals surface area contributed by atoms with Crippen molar-refractivity contribution in [3.63, 3.8) is 0 Å². The third kappa shape index (κ3) is 6.62. The second-order valence-electron chi connectivity index (χ2n) is 8.33. The zero-order chi connectivity index (χ0) is 24.6. The van der Waals surface area contributed by atoms with Gasteiger partial charge in [-0.05, 0) is 29.7 Å². The number of nitrogens with one attached hydrogen (secondary N) is 2. The first kappa shape index (κ1) is 24.3. The lowest BCUT2D eigenvalue weighted by Crippen LogP contribution is -2.57. The maximum absolute atomic E-state index is 13.2. The quantitative estimate of drug-likeness (QED) is 0.348. The molecule has 3 aromatic carbocycles. The van der Waals surface area contributed by atoms with E-state index in [0.29, 0.717) is 11.5 Å². The van der Waals surface area contributed by atoms with Gasteiger partial charge in [0.2, 0.25) is 12.0 Å². The SMILES string of the molecule is O=C(N[C@@H](Cc1ccccc1)C(=O)N[C@@H](Cc1ccccc1)B(O)O)C1COc2ccccc2O1. The van der Waals surface area contributed by atoms with Crippen LogP contribution in [-0.2, 0) is 22.4 Å². The van der Waals surface area contributed by atoms with Crippen LogP contribution in [-0.4, -0.2) is 53.7 Å². The van der Waals surface area contributed by atoms with Gasteiger partial charge in [-0.2, -0.15) is 0 Å². The Morgan fingerprint density at radius 1 is 0.829 bits per heavy atom. The fourth-order valence-electron chi connectivity index (χ4n) is 3.85. The third-order valence-corrected chi connectivity index (χ3v) is 5.70. The fourth-order valence-corrected chi connectivity index (χ4v) is 3.85. The monoisotopic (exact) mass is 474 g/mol. The first-order valence-electron chi connectivity index (χ1n) is 11.4. The van der Waals surface area contributed by atoms with Crippen LogP contribution in [0.1, 0.15) is 11.1 Å². The molecular weight excluding hydrogens is 447 g/mol. The van der Waals surface area contributed by atoms with Gasteiger partial charge in [0, 0.05) is 6.42 Å². The number of rotatable bonds is 9. The van der Waals surface area contributed by atoms with Crippen molar-refractivity contribution in [1.82, 2.24) is 10.6 Å². The highest BCUT2D eigenvalue weighted by molar-refractivity contribution is 6.43. The molecule has 0 saturated carbocycles. The third-order valence-electron chi connectivity index (χ3n) is 5.70. The largest absolute Gasteiger partial charge is 0.485 e. The number of hydrogen-bond acceptors (Lipinski definition) is 6. The van der Waals surface area contributed by atoms with Crippen LogP contribution >= 0.6 is 0 Å². The summed E-state index contributed by atoms with van der Waals surface area (Å²) < 4.78 is 11.4. The zero-order valence-electron chi connectivity index (χ0n) is 19.0. The minimum atomic E-state index is -1.78. The minimum Gasteiger partial charge on any atom is -0.485 e. The van der Waals surface area contributed by atoms with Crippen molar-refractivity contribution in [3.05, 3.63) is 96.1 Å². The lowest BCUT2D eigenvalue weighted by molar-refractivity contribution is -0.134. The number of benzene rings is 3. The Hall–Kier alpha value is -3.82. The number of para-hydroxylation sites is 2. The number of amides is 2. The van der Waals surface area contributed by atoms with E-state index in [4.69, 9.17) is 9.47 Å². The lowest BCUT2D eigenvalue weighted by atomic mass is 9.75. The predicted octanol–water partition coefficient (Wildman–Crippen LogP) is 1.29. The molecule has 4 rings (SSSR count). The zero-order valence-corrected chi connectivity index (χ0v) is 19.0. The van der Waals surface area contributed by atoms with Gasteiger partial charge in [0.1, 0.15) is 12.6 Å². The van der Waals surface area contributed by atoms with Gasteiger partial charge in [-0.1, -0.05) is 72.8 Å². The Morgan fingerprint density at radius 3 is 2.03 bits per heavy atom. The molecule has 1 aliphatic heterocycles. The smallest absolute Gasteiger partial charge is 0.475 e. The first-order valence-corrected chi connectivity index (χ1v) is 11.4. The Kier molecular flexibility index (Phi) is 8.02. The van der Waals surface area contributed by atoms with E-state index in [9.17, 15) is 19.6 Å². The molecule has 0 bridgehead atoms. The molecule has 0 saturated heterocycles. The van der Waals surface area contributed by atoms with Gasteiger partial charge in [-0.3, -0.25) is 9.59 Å². The summed E-state index contributed by atoms with van der Waals surface area (Å²) in [6.45, 7) is 0.00844. The Morgan fingerprint density at radius 2 is 1.40 bits per heavy atom. The highest BCUT2D eigenvalue weighted by Gasteiger charge is 2.33. The molecule has 35 heavy (non-hydrogen) atoms. The van der Waals surface area contributed by atoms with E-state index in [0.717, 1.165) is 11.1 Å². The minimum absolute atomic E-state index is 0.00844. The molecule has 4 N–H and O–H groups in total. The van der Waals surface area contributed by atoms with Gasteiger partial charge in [-0.15, -0.1) is 0 Å². The Bertz CT molecular complexity index is 1130. The van der Waals surface area contributed by atoms with Crippen LogP contribution < -0.4 is 20.1 Å². The maximum atomic E-state index is 13.2. The van der Waals surface area contributed by atoms with Gasteiger partial charge >= 0.3 is 7.12 Å². The molecule has 9 heteroatoms. The van der Waals surface area contributed by atoms with E-state index in [1.54, 1.807) is 18.2 Å². The van der Waals surface area contributed by atoms with Crippen molar-refractivity contribution in [3.8, 4) is 11.5 Å². The molecular formula is C26H27BN2O6. The van der Waals surface area contributed by atoms with Crippen molar-refractivity contribution < 1.29 is 29.1 Å². The van der Waals surface area contributed by atoms with Crippen molar-refractivity contribution in [2.24, 2.45) is 0 Å². The molecule has 1 heterocycles. The van der Waals surface area contributed by atoms with Crippen LogP contribution in [0.25, 0.3) is 0 Å². The van der Waals surface area contributed by atoms with E-state index in [-0.39, 0.29) is 19.4 Å². The highest BCUT2D eigenvalue weighted by atomic mass is 16.6. The summed E-state index contributed by atoms with van der Waals surface area (Å²) in [4.78, 5) is 26.3. The molecule has 3 aromatic rings. The second-order valence-corrected chi connectivity index (χ2v) is 8.33. The van der Waals surface area contributed by atoms with Crippen molar-refractivity contribution >= 4 is 18.9 Å². The van der Waals surface area contributed by atoms with Crippen molar-refractivity contribution in [2.45, 2.75) is 30.9 Å². The molecule has 0 aliphatic carbocycles. The standard InChI is InChI=1S/C26H27BN2O6/c30-25(29-24(27(32)33)16-19-11-5-2-6-12-19)20(15-18-9-3-1-4-10-18)28-26(31)23-17-34-21-13-7-8-14-22(21)35-23/h1-14,20,23-24,32-33H,15-17H2,(H,28,31)(H,29,30)/t20-,23?,24-/m0/s1. The van der Waals surface area contributed by atoms with Gasteiger partial charge in [0.25, 0.3) is 5.91 Å². The number of carbonyl (C=O) groups excluding carboxylic acids is 2. The van der Waals surface area contributed by atoms with Crippen LogP contribution in [0.15, 0.2) is 84.9 Å². The summed E-state index contributed by atoms with van der Waals surface area (Å²) in [5.74, 6) is -0.987. The topological polar surface area (TPSA) is 117 Å². The number of carbonyl (C=O) groups is 2. The van der Waals surface area contributed by atoms with E-state index >= 15 is 0 Å². The molecule has 180 valence electrons. The van der Waals surface area contributed by atoms with Gasteiger partial charge in [0.15, 0.2) is 11.5 Å². The number of fused-ring (bicyclic) bond motifs is 1. The van der Waals surface area contributed by atoms with Gasteiger partial charge in [0.05, 0.1) is 5.94 Å². The molecule has 3 atom stereocenters. The molecule has 8 nitrogen and oxygen atoms in total. The molecule has 0 spiro atoms. The van der Waals surface area contributed by atoms with Gasteiger partial charge < -0.3 is 30.2 Å². The summed E-state index contributed by atoms with van der Waals surface area (Å²) in [6, 6.07) is 24.5.